The van der Waals surface area contributed by atoms with Gasteiger partial charge in [-0.1, -0.05) is 13.8 Å². The number of aliphatic hydroxyl groups excluding tert-OH is 4. The van der Waals surface area contributed by atoms with Crippen LogP contribution in [0.2, 0.25) is 0 Å². The maximum atomic E-state index is 12.4. The molecular weight excluding hydrogens is 492 g/mol. The Morgan fingerprint density at radius 2 is 1.76 bits per heavy atom. The summed E-state index contributed by atoms with van der Waals surface area (Å²) in [4.78, 5) is 11.8. The fourth-order valence-corrected chi connectivity index (χ4v) is 9.91. The average Bonchev–Trinajstić information content (AvgIpc) is 3.41. The van der Waals surface area contributed by atoms with Gasteiger partial charge >= 0.3 is 5.97 Å². The summed E-state index contributed by atoms with van der Waals surface area (Å²) in [5, 5.41) is 54.7. The molecule has 9 heteroatoms. The average molecular weight is 537 g/mol. The fraction of sp³-hybridized carbons (Fsp3) is 0.897. The quantitative estimate of drug-likeness (QED) is 0.267. The molecule has 4 saturated carbocycles. The Bertz CT molecular complexity index is 985. The molecule has 5 N–H and O–H groups in total. The molecule has 0 aromatic carbocycles. The molecule has 2 heterocycles. The van der Waals surface area contributed by atoms with Crippen LogP contribution >= 0.6 is 0 Å². The van der Waals surface area contributed by atoms with Crippen molar-refractivity contribution < 1.29 is 44.5 Å². The van der Waals surface area contributed by atoms with Crippen LogP contribution in [0.5, 0.6) is 0 Å². The van der Waals surface area contributed by atoms with Crippen molar-refractivity contribution in [3.05, 3.63) is 11.6 Å². The first-order chi connectivity index (χ1) is 17.9. The van der Waals surface area contributed by atoms with Crippen molar-refractivity contribution in [3.8, 4) is 0 Å². The first-order valence-electron chi connectivity index (χ1n) is 14.5. The molecule has 5 unspecified atom stereocenters. The Labute approximate surface area is 224 Å². The van der Waals surface area contributed by atoms with Crippen LogP contribution in [0.1, 0.15) is 72.1 Å². The van der Waals surface area contributed by atoms with E-state index in [1.165, 1.54) is 0 Å². The van der Waals surface area contributed by atoms with E-state index in [1.807, 2.05) is 0 Å². The maximum Gasteiger partial charge on any atom is 0.331 e. The standard InChI is InChI=1S/C29H44O9/c1-14-23(32)24(33)25(34)26(37-14)38-17-6-8-27(2)16(11-17)4-5-19-22(27)20(30)12-28(3)18(7-9-29(19,28)35)15-10-21(31)36-13-15/h10,14,16-20,22-26,30,32-35H,4-9,11-13H2,1-3H3/t14?,16-,17+,18-,19?,20-,22?,23-,24?,25?,26-,27+,28-,29+/m1/s1. The number of aliphatic hydroxyl groups is 5. The first-order valence-corrected chi connectivity index (χ1v) is 14.5. The number of carbonyl (C=O) groups is 1. The lowest BCUT2D eigenvalue weighted by Crippen LogP contribution is -2.66. The molecule has 6 rings (SSSR count). The number of ether oxygens (including phenoxy) is 3. The first kappa shape index (κ1) is 27.1. The van der Waals surface area contributed by atoms with E-state index in [0.717, 1.165) is 44.1 Å². The van der Waals surface area contributed by atoms with Crippen molar-refractivity contribution in [3.63, 3.8) is 0 Å². The molecule has 1 saturated heterocycles. The topological polar surface area (TPSA) is 146 Å². The maximum absolute atomic E-state index is 12.4. The number of carbonyl (C=O) groups excluding carboxylic acids is 1. The molecule has 0 amide bonds. The minimum absolute atomic E-state index is 0.0143. The van der Waals surface area contributed by atoms with Gasteiger partial charge in [0.2, 0.25) is 0 Å². The number of hydrogen-bond donors (Lipinski definition) is 5. The minimum atomic E-state index is -1.32. The van der Waals surface area contributed by atoms with E-state index in [1.54, 1.807) is 13.0 Å². The Morgan fingerprint density at radius 3 is 2.47 bits per heavy atom. The molecule has 5 fully saturated rings. The second-order valence-corrected chi connectivity index (χ2v) is 13.7. The third-order valence-corrected chi connectivity index (χ3v) is 12.0. The van der Waals surface area contributed by atoms with Crippen LogP contribution in [0.3, 0.4) is 0 Å². The van der Waals surface area contributed by atoms with Crippen LogP contribution in [0.4, 0.5) is 0 Å². The molecule has 0 bridgehead atoms. The van der Waals surface area contributed by atoms with Gasteiger partial charge in [-0.2, -0.15) is 0 Å². The summed E-state index contributed by atoms with van der Waals surface area (Å²) in [6.45, 7) is 6.32. The third-order valence-electron chi connectivity index (χ3n) is 12.0. The van der Waals surface area contributed by atoms with Crippen LogP contribution in [0.15, 0.2) is 11.6 Å². The molecule has 38 heavy (non-hydrogen) atoms. The molecule has 0 aromatic heterocycles. The highest BCUT2D eigenvalue weighted by Gasteiger charge is 2.70. The van der Waals surface area contributed by atoms with Crippen molar-refractivity contribution in [1.29, 1.82) is 0 Å². The summed E-state index contributed by atoms with van der Waals surface area (Å²) in [6, 6.07) is 0. The second-order valence-electron chi connectivity index (χ2n) is 13.7. The van der Waals surface area contributed by atoms with Gasteiger partial charge in [0.05, 0.1) is 23.9 Å². The van der Waals surface area contributed by atoms with E-state index in [9.17, 15) is 30.3 Å². The smallest absolute Gasteiger partial charge is 0.331 e. The molecule has 214 valence electrons. The highest BCUT2D eigenvalue weighted by atomic mass is 16.7. The number of cyclic esters (lactones) is 1. The summed E-state index contributed by atoms with van der Waals surface area (Å²) in [7, 11) is 0. The molecule has 14 atom stereocenters. The normalized spacial score (nSPS) is 56.5. The summed E-state index contributed by atoms with van der Waals surface area (Å²) in [5.74, 6) is -0.0314. The predicted octanol–water partition coefficient (Wildman–Crippen LogP) is 1.43. The summed E-state index contributed by atoms with van der Waals surface area (Å²) < 4.78 is 17.1. The molecule has 0 radical (unpaired) electrons. The lowest BCUT2D eigenvalue weighted by molar-refractivity contribution is -0.311. The van der Waals surface area contributed by atoms with Crippen molar-refractivity contribution in [2.75, 3.05) is 6.61 Å². The monoisotopic (exact) mass is 536 g/mol. The van der Waals surface area contributed by atoms with Crippen molar-refractivity contribution in [2.45, 2.75) is 121 Å². The summed E-state index contributed by atoms with van der Waals surface area (Å²) in [5.41, 5.74) is -0.607. The predicted molar refractivity (Wildman–Crippen MR) is 134 cm³/mol. The largest absolute Gasteiger partial charge is 0.458 e. The Balaban J connectivity index is 1.19. The highest BCUT2D eigenvalue weighted by molar-refractivity contribution is 5.85. The summed E-state index contributed by atoms with van der Waals surface area (Å²) >= 11 is 0. The highest BCUT2D eigenvalue weighted by Crippen LogP contribution is 2.70. The lowest BCUT2D eigenvalue weighted by atomic mass is 9.42. The van der Waals surface area contributed by atoms with E-state index in [4.69, 9.17) is 14.2 Å². The Morgan fingerprint density at radius 1 is 1.00 bits per heavy atom. The van der Waals surface area contributed by atoms with Gasteiger partial charge in [0.1, 0.15) is 24.9 Å². The van der Waals surface area contributed by atoms with Crippen molar-refractivity contribution >= 4 is 5.97 Å². The number of fused-ring (bicyclic) bond motifs is 5. The molecule has 9 nitrogen and oxygen atoms in total. The lowest BCUT2D eigenvalue weighted by Gasteiger charge is -2.65. The van der Waals surface area contributed by atoms with Crippen LogP contribution in [-0.2, 0) is 19.0 Å². The molecule has 2 aliphatic heterocycles. The Hall–Kier alpha value is -1.07. The van der Waals surface area contributed by atoms with Gasteiger partial charge in [-0.25, -0.2) is 4.79 Å². The van der Waals surface area contributed by atoms with Crippen LogP contribution in [0.25, 0.3) is 0 Å². The molecule has 0 aromatic rings. The second kappa shape index (κ2) is 9.23. The third kappa shape index (κ3) is 3.80. The SMILES string of the molecule is CC1O[C@H](O[C@H]2CC[C@]3(C)C4C(CC[C@@H]3C2)[C@@]2(O)CC[C@H](C3=CC(=O)OC3)[C@@]2(C)C[C@H]4O)C(O)C(O)[C@@H]1O. The van der Waals surface area contributed by atoms with Gasteiger partial charge in [-0.15, -0.1) is 0 Å². The molecule has 0 spiro atoms. The van der Waals surface area contributed by atoms with Gasteiger partial charge in [-0.3, -0.25) is 0 Å². The Kier molecular flexibility index (Phi) is 6.58. The van der Waals surface area contributed by atoms with Crippen LogP contribution in [0, 0.1) is 34.5 Å². The number of rotatable bonds is 3. The fourth-order valence-electron chi connectivity index (χ4n) is 9.91. The van der Waals surface area contributed by atoms with E-state index < -0.39 is 47.8 Å². The van der Waals surface area contributed by atoms with Crippen LogP contribution in [-0.4, -0.2) is 86.6 Å². The number of esters is 1. The minimum Gasteiger partial charge on any atom is -0.458 e. The van der Waals surface area contributed by atoms with Gasteiger partial charge in [0.25, 0.3) is 0 Å². The van der Waals surface area contributed by atoms with Gasteiger partial charge in [0.15, 0.2) is 6.29 Å². The van der Waals surface area contributed by atoms with Gasteiger partial charge in [-0.05, 0) is 93.0 Å². The van der Waals surface area contributed by atoms with Gasteiger partial charge in [0, 0.05) is 11.5 Å². The molecule has 4 aliphatic carbocycles. The van der Waals surface area contributed by atoms with Crippen molar-refractivity contribution in [2.24, 2.45) is 34.5 Å². The van der Waals surface area contributed by atoms with Crippen LogP contribution < -0.4 is 0 Å². The molecular formula is C29H44O9. The van der Waals surface area contributed by atoms with Gasteiger partial charge < -0.3 is 39.7 Å². The van der Waals surface area contributed by atoms with E-state index >= 15 is 0 Å². The zero-order valence-corrected chi connectivity index (χ0v) is 22.7. The van der Waals surface area contributed by atoms with E-state index in [-0.39, 0.29) is 41.8 Å². The van der Waals surface area contributed by atoms with E-state index in [2.05, 4.69) is 13.8 Å². The zero-order valence-electron chi connectivity index (χ0n) is 22.7. The molecule has 6 aliphatic rings. The van der Waals surface area contributed by atoms with Crippen molar-refractivity contribution in [1.82, 2.24) is 0 Å². The zero-order chi connectivity index (χ0) is 27.2. The van der Waals surface area contributed by atoms with E-state index in [0.29, 0.717) is 18.8 Å². The number of hydrogen-bond acceptors (Lipinski definition) is 9. The summed E-state index contributed by atoms with van der Waals surface area (Å²) in [6.07, 6.45) is 1.49.